The summed E-state index contributed by atoms with van der Waals surface area (Å²) in [4.78, 5) is 0. The van der Waals surface area contributed by atoms with E-state index in [9.17, 15) is 0 Å². The molecule has 0 aliphatic heterocycles. The lowest BCUT2D eigenvalue weighted by Crippen LogP contribution is -2.09. The van der Waals surface area contributed by atoms with Crippen molar-refractivity contribution in [2.75, 3.05) is 0 Å². The SMILES string of the molecule is CCCCCCCCCCCCCCCCC(CCC)CC(CC=COC=CCC(CCC)CC(CCC)CCCCCCCCCCCCCCCC)CCC. The average Bonchev–Trinajstić information content (AvgIpc) is 3.20. The first-order valence-electron chi connectivity index (χ1n) is 27.1. The van der Waals surface area contributed by atoms with Gasteiger partial charge in [-0.1, -0.05) is 286 Å². The first kappa shape index (κ1) is 56.3. The fourth-order valence-corrected chi connectivity index (χ4v) is 9.91. The third-order valence-electron chi connectivity index (χ3n) is 13.3. The van der Waals surface area contributed by atoms with Crippen molar-refractivity contribution in [2.45, 2.75) is 311 Å². The van der Waals surface area contributed by atoms with Crippen LogP contribution in [-0.4, -0.2) is 0 Å². The summed E-state index contributed by atoms with van der Waals surface area (Å²) in [6, 6.07) is 0. The van der Waals surface area contributed by atoms with Gasteiger partial charge in [0, 0.05) is 0 Å². The molecule has 0 aliphatic rings. The Hall–Kier alpha value is -0.720. The molecule has 4 unspecified atom stereocenters. The fourth-order valence-electron chi connectivity index (χ4n) is 9.91. The summed E-state index contributed by atoms with van der Waals surface area (Å²) >= 11 is 0. The number of unbranched alkanes of at least 4 members (excludes halogenated alkanes) is 26. The summed E-state index contributed by atoms with van der Waals surface area (Å²) in [5.74, 6) is 3.45. The number of hydrogen-bond donors (Lipinski definition) is 0. The van der Waals surface area contributed by atoms with Crippen molar-refractivity contribution in [1.29, 1.82) is 0 Å². The molecule has 57 heavy (non-hydrogen) atoms. The second-order valence-corrected chi connectivity index (χ2v) is 19.2. The Morgan fingerprint density at radius 1 is 0.263 bits per heavy atom. The van der Waals surface area contributed by atoms with Crippen LogP contribution in [0.3, 0.4) is 0 Å². The van der Waals surface area contributed by atoms with E-state index in [-0.39, 0.29) is 0 Å². The summed E-state index contributed by atoms with van der Waals surface area (Å²) in [6.45, 7) is 14.2. The van der Waals surface area contributed by atoms with Crippen LogP contribution in [-0.2, 0) is 4.74 Å². The predicted octanol–water partition coefficient (Wildman–Crippen LogP) is 21.0. The van der Waals surface area contributed by atoms with Crippen LogP contribution in [0.5, 0.6) is 0 Å². The van der Waals surface area contributed by atoms with Crippen LogP contribution in [0.25, 0.3) is 0 Å². The van der Waals surface area contributed by atoms with Crippen LogP contribution >= 0.6 is 0 Å². The van der Waals surface area contributed by atoms with Gasteiger partial charge in [0.15, 0.2) is 0 Å². The second kappa shape index (κ2) is 48.0. The molecule has 0 heterocycles. The van der Waals surface area contributed by atoms with Gasteiger partial charge in [0.25, 0.3) is 0 Å². The Labute approximate surface area is 363 Å². The van der Waals surface area contributed by atoms with Crippen molar-refractivity contribution in [3.63, 3.8) is 0 Å². The highest BCUT2D eigenvalue weighted by molar-refractivity contribution is 4.84. The molecule has 1 nitrogen and oxygen atoms in total. The molecule has 0 N–H and O–H groups in total. The molecule has 0 fully saturated rings. The number of allylic oxidation sites excluding steroid dienone is 2. The van der Waals surface area contributed by atoms with E-state index < -0.39 is 0 Å². The van der Waals surface area contributed by atoms with E-state index in [0.29, 0.717) is 0 Å². The van der Waals surface area contributed by atoms with E-state index >= 15 is 0 Å². The molecular formula is C56H110O. The van der Waals surface area contributed by atoms with Crippen molar-refractivity contribution < 1.29 is 4.74 Å². The Morgan fingerprint density at radius 3 is 0.772 bits per heavy atom. The zero-order chi connectivity index (χ0) is 41.5. The van der Waals surface area contributed by atoms with E-state index in [1.165, 1.54) is 270 Å². The van der Waals surface area contributed by atoms with E-state index in [4.69, 9.17) is 4.74 Å². The summed E-state index contributed by atoms with van der Waals surface area (Å²) < 4.78 is 5.95. The van der Waals surface area contributed by atoms with Crippen LogP contribution in [0.15, 0.2) is 24.7 Å². The molecule has 0 saturated carbocycles. The molecule has 0 saturated heterocycles. The predicted molar refractivity (Wildman–Crippen MR) is 261 cm³/mol. The van der Waals surface area contributed by atoms with Gasteiger partial charge < -0.3 is 4.74 Å². The molecule has 0 rings (SSSR count). The molecule has 0 aromatic heterocycles. The van der Waals surface area contributed by atoms with Crippen LogP contribution in [0, 0.1) is 23.7 Å². The molecule has 0 spiro atoms. The van der Waals surface area contributed by atoms with E-state index in [1.54, 1.807) is 0 Å². The lowest BCUT2D eigenvalue weighted by atomic mass is 9.83. The number of hydrogen-bond acceptors (Lipinski definition) is 1. The van der Waals surface area contributed by atoms with E-state index in [2.05, 4.69) is 53.7 Å². The minimum absolute atomic E-state index is 0.811. The van der Waals surface area contributed by atoms with Crippen molar-refractivity contribution >= 4 is 0 Å². The molecular weight excluding hydrogens is 689 g/mol. The topological polar surface area (TPSA) is 9.23 Å². The maximum Gasteiger partial charge on any atom is 0.0861 e. The van der Waals surface area contributed by atoms with Crippen molar-refractivity contribution in [2.24, 2.45) is 23.7 Å². The monoisotopic (exact) mass is 799 g/mol. The Morgan fingerprint density at radius 2 is 0.509 bits per heavy atom. The van der Waals surface area contributed by atoms with Gasteiger partial charge in [0.1, 0.15) is 0 Å². The highest BCUT2D eigenvalue weighted by Crippen LogP contribution is 2.30. The molecule has 0 radical (unpaired) electrons. The van der Waals surface area contributed by atoms with Crippen LogP contribution < -0.4 is 0 Å². The maximum atomic E-state index is 5.95. The zero-order valence-electron chi connectivity index (χ0n) is 40.7. The van der Waals surface area contributed by atoms with Gasteiger partial charge in [-0.3, -0.25) is 0 Å². The maximum absolute atomic E-state index is 5.95. The normalized spacial score (nSPS) is 14.2. The molecule has 0 bridgehead atoms. The Balaban J connectivity index is 4.28. The molecule has 4 atom stereocenters. The largest absolute Gasteiger partial charge is 0.473 e. The van der Waals surface area contributed by atoms with Crippen molar-refractivity contribution in [3.05, 3.63) is 24.7 Å². The standard InChI is InChI=1S/C56H110O/c1-7-13-15-17-19-21-23-25-27-29-31-33-35-37-45-53(41-9-3)51-55(43-11-5)47-39-49-57-50-40-48-56(44-12-6)52-54(42-10-4)46-38-36-34-32-30-28-26-24-22-20-18-16-14-8-2/h39-40,49-50,53-56H,7-38,41-48,51-52H2,1-6H3. The summed E-state index contributed by atoms with van der Waals surface area (Å²) in [5, 5.41) is 0. The lowest BCUT2D eigenvalue weighted by molar-refractivity contribution is 0.306. The molecule has 0 aliphatic carbocycles. The number of ether oxygens (including phenoxy) is 1. The van der Waals surface area contributed by atoms with Gasteiger partial charge >= 0.3 is 0 Å². The van der Waals surface area contributed by atoms with Gasteiger partial charge in [-0.15, -0.1) is 0 Å². The van der Waals surface area contributed by atoms with Gasteiger partial charge in [-0.05, 0) is 61.5 Å². The van der Waals surface area contributed by atoms with Gasteiger partial charge in [-0.25, -0.2) is 0 Å². The minimum atomic E-state index is 0.811. The van der Waals surface area contributed by atoms with Gasteiger partial charge in [0.2, 0.25) is 0 Å². The molecule has 1 heteroatoms. The van der Waals surface area contributed by atoms with Gasteiger partial charge in [-0.2, -0.15) is 0 Å². The van der Waals surface area contributed by atoms with Crippen molar-refractivity contribution in [3.8, 4) is 0 Å². The molecule has 0 aromatic rings. The van der Waals surface area contributed by atoms with Crippen molar-refractivity contribution in [1.82, 2.24) is 0 Å². The lowest BCUT2D eigenvalue weighted by Gasteiger charge is -2.22. The van der Waals surface area contributed by atoms with Gasteiger partial charge in [0.05, 0.1) is 12.5 Å². The molecule has 340 valence electrons. The Kier molecular flexibility index (Phi) is 47.3. The zero-order valence-corrected chi connectivity index (χ0v) is 40.7. The summed E-state index contributed by atoms with van der Waals surface area (Å²) in [5.41, 5.74) is 0. The summed E-state index contributed by atoms with van der Waals surface area (Å²) in [7, 11) is 0. The van der Waals surface area contributed by atoms with E-state index in [1.807, 2.05) is 12.5 Å². The smallest absolute Gasteiger partial charge is 0.0861 e. The number of rotatable bonds is 48. The average molecular weight is 799 g/mol. The highest BCUT2D eigenvalue weighted by atomic mass is 16.5. The summed E-state index contributed by atoms with van der Waals surface area (Å²) in [6.07, 6.45) is 68.3. The fraction of sp³-hybridized carbons (Fsp3) is 0.929. The molecule has 0 amide bonds. The highest BCUT2D eigenvalue weighted by Gasteiger charge is 2.16. The first-order valence-corrected chi connectivity index (χ1v) is 27.1. The Bertz CT molecular complexity index is 718. The minimum Gasteiger partial charge on any atom is -0.473 e. The van der Waals surface area contributed by atoms with Crippen LogP contribution in [0.2, 0.25) is 0 Å². The van der Waals surface area contributed by atoms with Crippen LogP contribution in [0.4, 0.5) is 0 Å². The first-order chi connectivity index (χ1) is 28.1. The third kappa shape index (κ3) is 41.8. The second-order valence-electron chi connectivity index (χ2n) is 19.2. The quantitative estimate of drug-likeness (QED) is 0.0440. The van der Waals surface area contributed by atoms with E-state index in [0.717, 1.165) is 23.7 Å². The third-order valence-corrected chi connectivity index (χ3v) is 13.3. The van der Waals surface area contributed by atoms with Crippen LogP contribution in [0.1, 0.15) is 311 Å². The molecule has 0 aromatic carbocycles.